The average molecular weight is 379 g/mol. The third-order valence-corrected chi connectivity index (χ3v) is 5.55. The SMILES string of the molecule is O=[N+]([O-])c1ccccc1CSc1nn(-c2ccc(F)cc2)c(=S)s1. The molecule has 0 aliphatic rings. The van der Waals surface area contributed by atoms with E-state index in [1.807, 2.05) is 0 Å². The summed E-state index contributed by atoms with van der Waals surface area (Å²) in [5.41, 5.74) is 1.39. The molecule has 3 rings (SSSR count). The molecule has 3 aromatic rings. The molecule has 0 aliphatic heterocycles. The summed E-state index contributed by atoms with van der Waals surface area (Å²) in [6.07, 6.45) is 0. The van der Waals surface area contributed by atoms with Crippen LogP contribution in [0.15, 0.2) is 52.9 Å². The Kier molecular flexibility index (Phi) is 5.03. The number of para-hydroxylation sites is 1. The van der Waals surface area contributed by atoms with Crippen molar-refractivity contribution in [2.45, 2.75) is 10.1 Å². The van der Waals surface area contributed by atoms with Crippen molar-refractivity contribution in [3.63, 3.8) is 0 Å². The standard InChI is InChI=1S/C15H10FN3O2S3/c16-11-5-7-12(8-6-11)18-15(22)24-14(17-18)23-9-10-3-1-2-4-13(10)19(20)21/h1-8H,9H2. The Morgan fingerprint density at radius 2 is 1.96 bits per heavy atom. The van der Waals surface area contributed by atoms with Crippen LogP contribution >= 0.6 is 35.3 Å². The number of nitrogens with zero attached hydrogens (tertiary/aromatic N) is 3. The van der Waals surface area contributed by atoms with E-state index >= 15 is 0 Å². The number of thioether (sulfide) groups is 1. The lowest BCUT2D eigenvalue weighted by Gasteiger charge is -2.01. The number of hydrogen-bond donors (Lipinski definition) is 0. The lowest BCUT2D eigenvalue weighted by molar-refractivity contribution is -0.385. The van der Waals surface area contributed by atoms with E-state index in [4.69, 9.17) is 12.2 Å². The van der Waals surface area contributed by atoms with Gasteiger partial charge in [-0.3, -0.25) is 10.1 Å². The van der Waals surface area contributed by atoms with Gasteiger partial charge in [0.05, 0.1) is 10.6 Å². The van der Waals surface area contributed by atoms with Gasteiger partial charge in [0.1, 0.15) is 5.82 Å². The third-order valence-electron chi connectivity index (χ3n) is 3.14. The number of aromatic nitrogens is 2. The van der Waals surface area contributed by atoms with Gasteiger partial charge in [-0.25, -0.2) is 9.07 Å². The van der Waals surface area contributed by atoms with Gasteiger partial charge in [-0.15, -0.1) is 5.10 Å². The molecule has 0 saturated heterocycles. The molecule has 1 aromatic heterocycles. The zero-order valence-corrected chi connectivity index (χ0v) is 14.5. The molecule has 0 spiro atoms. The van der Waals surface area contributed by atoms with E-state index < -0.39 is 4.92 Å². The summed E-state index contributed by atoms with van der Waals surface area (Å²) in [5, 5.41) is 15.4. The van der Waals surface area contributed by atoms with Gasteiger partial charge in [-0.2, -0.15) is 0 Å². The highest BCUT2D eigenvalue weighted by Gasteiger charge is 2.14. The molecule has 0 unspecified atom stereocenters. The largest absolute Gasteiger partial charge is 0.273 e. The minimum Gasteiger partial charge on any atom is -0.258 e. The number of benzene rings is 2. The summed E-state index contributed by atoms with van der Waals surface area (Å²) in [6.45, 7) is 0. The highest BCUT2D eigenvalue weighted by molar-refractivity contribution is 8.00. The summed E-state index contributed by atoms with van der Waals surface area (Å²) < 4.78 is 15.8. The van der Waals surface area contributed by atoms with E-state index in [1.165, 1.54) is 41.3 Å². The van der Waals surface area contributed by atoms with Gasteiger partial charge in [-0.05, 0) is 36.5 Å². The molecule has 0 saturated carbocycles. The molecular weight excluding hydrogens is 369 g/mol. The van der Waals surface area contributed by atoms with Gasteiger partial charge in [0.15, 0.2) is 8.29 Å². The van der Waals surface area contributed by atoms with Crippen LogP contribution in [0.2, 0.25) is 0 Å². The van der Waals surface area contributed by atoms with Crippen molar-refractivity contribution in [3.05, 3.63) is 74.0 Å². The minimum atomic E-state index is -0.394. The number of nitro groups is 1. The molecule has 0 bridgehead atoms. The molecule has 0 N–H and O–H groups in total. The first-order valence-electron chi connectivity index (χ1n) is 6.76. The molecule has 0 fully saturated rings. The van der Waals surface area contributed by atoms with Crippen LogP contribution in [0.5, 0.6) is 0 Å². The number of nitro benzene ring substituents is 1. The predicted molar refractivity (Wildman–Crippen MR) is 94.9 cm³/mol. The zero-order chi connectivity index (χ0) is 17.1. The molecule has 2 aromatic carbocycles. The van der Waals surface area contributed by atoms with Crippen LogP contribution in [-0.2, 0) is 5.75 Å². The number of hydrogen-bond acceptors (Lipinski definition) is 6. The van der Waals surface area contributed by atoms with Crippen molar-refractivity contribution in [2.24, 2.45) is 0 Å². The van der Waals surface area contributed by atoms with Crippen LogP contribution in [0.3, 0.4) is 0 Å². The second-order valence-corrected chi connectivity index (χ2v) is 7.54. The van der Waals surface area contributed by atoms with Gasteiger partial charge in [0.25, 0.3) is 5.69 Å². The summed E-state index contributed by atoms with van der Waals surface area (Å²) in [7, 11) is 0. The average Bonchev–Trinajstić information content (AvgIpc) is 2.95. The predicted octanol–water partition coefficient (Wildman–Crippen LogP) is 5.00. The van der Waals surface area contributed by atoms with E-state index in [0.29, 0.717) is 25.3 Å². The highest BCUT2D eigenvalue weighted by Crippen LogP contribution is 2.30. The Balaban J connectivity index is 1.80. The Morgan fingerprint density at radius 3 is 2.67 bits per heavy atom. The van der Waals surface area contributed by atoms with Crippen LogP contribution in [0.4, 0.5) is 10.1 Å². The van der Waals surface area contributed by atoms with E-state index in [9.17, 15) is 14.5 Å². The molecule has 0 atom stereocenters. The van der Waals surface area contributed by atoms with Gasteiger partial charge < -0.3 is 0 Å². The molecule has 0 radical (unpaired) electrons. The second-order valence-electron chi connectivity index (χ2n) is 4.70. The Bertz CT molecular complexity index is 938. The maximum atomic E-state index is 13.0. The summed E-state index contributed by atoms with van der Waals surface area (Å²) in [4.78, 5) is 10.6. The summed E-state index contributed by atoms with van der Waals surface area (Å²) in [5.74, 6) is 0.0922. The van der Waals surface area contributed by atoms with E-state index in [-0.39, 0.29) is 11.5 Å². The van der Waals surface area contributed by atoms with Gasteiger partial charge in [0, 0.05) is 17.4 Å². The van der Waals surface area contributed by atoms with E-state index in [2.05, 4.69) is 5.10 Å². The first-order valence-corrected chi connectivity index (χ1v) is 8.97. The zero-order valence-electron chi connectivity index (χ0n) is 12.1. The molecular formula is C15H10FN3O2S3. The Morgan fingerprint density at radius 1 is 1.25 bits per heavy atom. The molecule has 24 heavy (non-hydrogen) atoms. The van der Waals surface area contributed by atoms with E-state index in [1.54, 1.807) is 35.0 Å². The van der Waals surface area contributed by atoms with Crippen molar-refractivity contribution < 1.29 is 9.31 Å². The topological polar surface area (TPSA) is 61.0 Å². The summed E-state index contributed by atoms with van der Waals surface area (Å²) >= 11 is 7.98. The van der Waals surface area contributed by atoms with Crippen molar-refractivity contribution in [1.29, 1.82) is 0 Å². The monoisotopic (exact) mass is 379 g/mol. The van der Waals surface area contributed by atoms with Crippen molar-refractivity contribution in [3.8, 4) is 5.69 Å². The van der Waals surface area contributed by atoms with Gasteiger partial charge in [-0.1, -0.05) is 41.3 Å². The summed E-state index contributed by atoms with van der Waals surface area (Å²) in [6, 6.07) is 12.5. The van der Waals surface area contributed by atoms with Crippen LogP contribution < -0.4 is 0 Å². The van der Waals surface area contributed by atoms with Crippen molar-refractivity contribution >= 4 is 41.0 Å². The highest BCUT2D eigenvalue weighted by atomic mass is 32.2. The van der Waals surface area contributed by atoms with Gasteiger partial charge in [0.2, 0.25) is 0 Å². The smallest absolute Gasteiger partial charge is 0.258 e. The van der Waals surface area contributed by atoms with Crippen LogP contribution in [-0.4, -0.2) is 14.7 Å². The lowest BCUT2D eigenvalue weighted by atomic mass is 10.2. The molecule has 1 heterocycles. The van der Waals surface area contributed by atoms with E-state index in [0.717, 1.165) is 0 Å². The molecule has 0 amide bonds. The fourth-order valence-electron chi connectivity index (χ4n) is 2.02. The maximum Gasteiger partial charge on any atom is 0.273 e. The number of halogens is 1. The first kappa shape index (κ1) is 16.7. The first-order chi connectivity index (χ1) is 11.5. The normalized spacial score (nSPS) is 10.7. The maximum absolute atomic E-state index is 13.0. The number of rotatable bonds is 5. The second kappa shape index (κ2) is 7.20. The molecule has 122 valence electrons. The van der Waals surface area contributed by atoms with Crippen LogP contribution in [0.1, 0.15) is 5.56 Å². The molecule has 0 aliphatic carbocycles. The minimum absolute atomic E-state index is 0.0894. The fraction of sp³-hybridized carbons (Fsp3) is 0.0667. The van der Waals surface area contributed by atoms with Gasteiger partial charge >= 0.3 is 0 Å². The van der Waals surface area contributed by atoms with Crippen LogP contribution in [0, 0.1) is 19.9 Å². The molecule has 9 heteroatoms. The Labute approximate surface area is 149 Å². The van der Waals surface area contributed by atoms with Crippen LogP contribution in [0.25, 0.3) is 5.69 Å². The Hall–Kier alpha value is -2.10. The fourth-order valence-corrected chi connectivity index (χ4v) is 4.37. The molecule has 5 nitrogen and oxygen atoms in total. The van der Waals surface area contributed by atoms with Crippen molar-refractivity contribution in [1.82, 2.24) is 9.78 Å². The lowest BCUT2D eigenvalue weighted by Crippen LogP contribution is -1.96. The third kappa shape index (κ3) is 3.69. The quantitative estimate of drug-likeness (QED) is 0.270. The van der Waals surface area contributed by atoms with Crippen molar-refractivity contribution in [2.75, 3.05) is 0 Å².